The summed E-state index contributed by atoms with van der Waals surface area (Å²) in [4.78, 5) is 10.6. The molecule has 0 unspecified atom stereocenters. The summed E-state index contributed by atoms with van der Waals surface area (Å²) in [6.45, 7) is 1.41. The number of carbonyl (C=O) groups is 1. The first-order chi connectivity index (χ1) is 7.31. The van der Waals surface area contributed by atoms with E-state index in [-0.39, 0.29) is 35.4 Å². The van der Waals surface area contributed by atoms with Gasteiger partial charge in [-0.1, -0.05) is 5.21 Å². The second-order valence-electron chi connectivity index (χ2n) is 2.85. The molecule has 0 saturated carbocycles. The highest BCUT2D eigenvalue weighted by molar-refractivity contribution is 8.00. The maximum Gasteiger partial charge on any atom is 0.441 e. The van der Waals surface area contributed by atoms with E-state index < -0.39 is 11.5 Å². The standard InChI is InChI=1S/C7H8F3N3O2S/c1-4-5(6(14)15)11-12-13(4)2-3-16-7(8,9)10/h2-3H2,1H3,(H,14,15). The van der Waals surface area contributed by atoms with Crippen LogP contribution in [0.15, 0.2) is 0 Å². The van der Waals surface area contributed by atoms with Crippen molar-refractivity contribution >= 4 is 17.7 Å². The van der Waals surface area contributed by atoms with Gasteiger partial charge in [-0.3, -0.25) is 0 Å². The van der Waals surface area contributed by atoms with Crippen LogP contribution in [0.3, 0.4) is 0 Å². The van der Waals surface area contributed by atoms with E-state index in [2.05, 4.69) is 10.3 Å². The zero-order chi connectivity index (χ0) is 12.3. The van der Waals surface area contributed by atoms with Crippen LogP contribution in [0.25, 0.3) is 0 Å². The van der Waals surface area contributed by atoms with E-state index in [0.717, 1.165) is 4.68 Å². The predicted molar refractivity (Wildman–Crippen MR) is 50.2 cm³/mol. The number of carboxylic acid groups (broad SMARTS) is 1. The smallest absolute Gasteiger partial charge is 0.441 e. The van der Waals surface area contributed by atoms with Gasteiger partial charge in [0, 0.05) is 5.75 Å². The van der Waals surface area contributed by atoms with E-state index in [1.54, 1.807) is 0 Å². The molecular formula is C7H8F3N3O2S. The van der Waals surface area contributed by atoms with E-state index in [4.69, 9.17) is 5.11 Å². The Bertz CT molecular complexity index is 391. The molecule has 0 aliphatic carbocycles. The molecule has 16 heavy (non-hydrogen) atoms. The summed E-state index contributed by atoms with van der Waals surface area (Å²) in [5, 5.41) is 15.4. The van der Waals surface area contributed by atoms with E-state index in [1.807, 2.05) is 0 Å². The molecule has 0 saturated heterocycles. The monoisotopic (exact) mass is 255 g/mol. The fourth-order valence-electron chi connectivity index (χ4n) is 1.02. The van der Waals surface area contributed by atoms with Crippen molar-refractivity contribution < 1.29 is 23.1 Å². The summed E-state index contributed by atoms with van der Waals surface area (Å²) in [6.07, 6.45) is 0. The Kier molecular flexibility index (Phi) is 3.79. The number of nitrogens with zero attached hydrogens (tertiary/aromatic N) is 3. The van der Waals surface area contributed by atoms with Gasteiger partial charge < -0.3 is 5.11 Å². The summed E-state index contributed by atoms with van der Waals surface area (Å²) in [5.74, 6) is -1.47. The molecule has 5 nitrogen and oxygen atoms in total. The van der Waals surface area contributed by atoms with E-state index in [0.29, 0.717) is 0 Å². The average molecular weight is 255 g/mol. The minimum Gasteiger partial charge on any atom is -0.476 e. The molecule has 0 bridgehead atoms. The lowest BCUT2D eigenvalue weighted by Gasteiger charge is -2.05. The van der Waals surface area contributed by atoms with Gasteiger partial charge in [0.15, 0.2) is 5.69 Å². The summed E-state index contributed by atoms with van der Waals surface area (Å²) in [6, 6.07) is 0. The summed E-state index contributed by atoms with van der Waals surface area (Å²) < 4.78 is 36.6. The van der Waals surface area contributed by atoms with Gasteiger partial charge in [-0.05, 0) is 18.7 Å². The average Bonchev–Trinajstić information content (AvgIpc) is 2.46. The van der Waals surface area contributed by atoms with Gasteiger partial charge in [0.05, 0.1) is 12.2 Å². The molecule has 1 aromatic heterocycles. The van der Waals surface area contributed by atoms with E-state index in [1.165, 1.54) is 6.92 Å². The highest BCUT2D eigenvalue weighted by Crippen LogP contribution is 2.30. The van der Waals surface area contributed by atoms with Crippen molar-refractivity contribution in [2.45, 2.75) is 19.0 Å². The number of aryl methyl sites for hydroxylation is 1. The SMILES string of the molecule is Cc1c(C(=O)O)nnn1CCSC(F)(F)F. The first kappa shape index (κ1) is 12.8. The lowest BCUT2D eigenvalue weighted by atomic mass is 10.3. The van der Waals surface area contributed by atoms with Crippen LogP contribution in [0.2, 0.25) is 0 Å². The first-order valence-corrected chi connectivity index (χ1v) is 5.14. The van der Waals surface area contributed by atoms with Gasteiger partial charge >= 0.3 is 11.5 Å². The number of rotatable bonds is 4. The molecule has 1 N–H and O–H groups in total. The van der Waals surface area contributed by atoms with Gasteiger partial charge in [0.1, 0.15) is 0 Å². The van der Waals surface area contributed by atoms with Crippen molar-refractivity contribution in [1.29, 1.82) is 0 Å². The van der Waals surface area contributed by atoms with Crippen LogP contribution in [0.4, 0.5) is 13.2 Å². The lowest BCUT2D eigenvalue weighted by Crippen LogP contribution is -2.10. The Morgan fingerprint density at radius 3 is 2.62 bits per heavy atom. The van der Waals surface area contributed by atoms with Crippen LogP contribution in [-0.4, -0.2) is 37.3 Å². The quantitative estimate of drug-likeness (QED) is 0.883. The summed E-state index contributed by atoms with van der Waals surface area (Å²) >= 11 is -0.181. The van der Waals surface area contributed by atoms with E-state index >= 15 is 0 Å². The van der Waals surface area contributed by atoms with Crippen molar-refractivity contribution in [3.8, 4) is 0 Å². The second kappa shape index (κ2) is 4.73. The molecule has 0 fully saturated rings. The van der Waals surface area contributed by atoms with Crippen molar-refractivity contribution in [1.82, 2.24) is 15.0 Å². The third-order valence-corrected chi connectivity index (χ3v) is 2.47. The minimum atomic E-state index is -4.29. The highest BCUT2D eigenvalue weighted by Gasteiger charge is 2.27. The maximum absolute atomic E-state index is 11.8. The molecule has 1 heterocycles. The maximum atomic E-state index is 11.8. The molecule has 1 rings (SSSR count). The Morgan fingerprint density at radius 1 is 1.56 bits per heavy atom. The number of hydrogen-bond acceptors (Lipinski definition) is 4. The molecule has 1 aromatic rings. The molecule has 9 heteroatoms. The Hall–Kier alpha value is -1.25. The summed E-state index contributed by atoms with van der Waals surface area (Å²) in [5.41, 5.74) is -4.28. The molecule has 0 spiro atoms. The van der Waals surface area contributed by atoms with Gasteiger partial charge in [-0.15, -0.1) is 5.10 Å². The topological polar surface area (TPSA) is 68.0 Å². The van der Waals surface area contributed by atoms with Gasteiger partial charge in [0.25, 0.3) is 0 Å². The van der Waals surface area contributed by atoms with Crippen LogP contribution in [0.5, 0.6) is 0 Å². The fraction of sp³-hybridized carbons (Fsp3) is 0.571. The molecule has 0 atom stereocenters. The van der Waals surface area contributed by atoms with Crippen LogP contribution in [0.1, 0.15) is 16.2 Å². The normalized spacial score (nSPS) is 11.8. The predicted octanol–water partition coefficient (Wildman–Crippen LogP) is 1.54. The molecular weight excluding hydrogens is 247 g/mol. The van der Waals surface area contributed by atoms with Gasteiger partial charge in [-0.2, -0.15) is 13.2 Å². The largest absolute Gasteiger partial charge is 0.476 e. The van der Waals surface area contributed by atoms with Crippen molar-refractivity contribution in [3.63, 3.8) is 0 Å². The first-order valence-electron chi connectivity index (χ1n) is 4.15. The van der Waals surface area contributed by atoms with Gasteiger partial charge in [-0.25, -0.2) is 9.48 Å². The number of thioether (sulfide) groups is 1. The van der Waals surface area contributed by atoms with Crippen molar-refractivity contribution in [2.75, 3.05) is 5.75 Å². The summed E-state index contributed by atoms with van der Waals surface area (Å²) in [7, 11) is 0. The Balaban J connectivity index is 2.59. The molecule has 0 aromatic carbocycles. The molecule has 0 amide bonds. The zero-order valence-electron chi connectivity index (χ0n) is 8.15. The van der Waals surface area contributed by atoms with Crippen molar-refractivity contribution in [3.05, 3.63) is 11.4 Å². The molecule has 0 radical (unpaired) electrons. The Morgan fingerprint density at radius 2 is 2.19 bits per heavy atom. The lowest BCUT2D eigenvalue weighted by molar-refractivity contribution is -0.0328. The Labute approximate surface area is 92.6 Å². The third kappa shape index (κ3) is 3.40. The van der Waals surface area contributed by atoms with Crippen LogP contribution < -0.4 is 0 Å². The number of aromatic nitrogens is 3. The third-order valence-electron chi connectivity index (χ3n) is 1.75. The van der Waals surface area contributed by atoms with Crippen molar-refractivity contribution in [2.24, 2.45) is 0 Å². The van der Waals surface area contributed by atoms with Crippen LogP contribution >= 0.6 is 11.8 Å². The number of halogens is 3. The molecule has 0 aliphatic heterocycles. The molecule has 90 valence electrons. The highest BCUT2D eigenvalue weighted by atomic mass is 32.2. The molecule has 0 aliphatic rings. The van der Waals surface area contributed by atoms with E-state index in [9.17, 15) is 18.0 Å². The number of hydrogen-bond donors (Lipinski definition) is 1. The van der Waals surface area contributed by atoms with Crippen LogP contribution in [0, 0.1) is 6.92 Å². The zero-order valence-corrected chi connectivity index (χ0v) is 8.97. The fourth-order valence-corrected chi connectivity index (χ4v) is 1.51. The number of carboxylic acids is 1. The minimum absolute atomic E-state index is 0.0315. The number of aromatic carboxylic acids is 1. The second-order valence-corrected chi connectivity index (χ2v) is 4.01. The van der Waals surface area contributed by atoms with Gasteiger partial charge in [0.2, 0.25) is 0 Å². The number of alkyl halides is 3. The van der Waals surface area contributed by atoms with Crippen LogP contribution in [-0.2, 0) is 6.54 Å².